The minimum atomic E-state index is -3.57. The molecule has 1 atom stereocenters. The first-order chi connectivity index (χ1) is 14.9. The highest BCUT2D eigenvalue weighted by molar-refractivity contribution is 7.89. The van der Waals surface area contributed by atoms with Gasteiger partial charge in [-0.3, -0.25) is 4.79 Å². The summed E-state index contributed by atoms with van der Waals surface area (Å²) in [5.74, 6) is 0.625. The number of fused-ring (bicyclic) bond motifs is 1. The first kappa shape index (κ1) is 21.8. The smallest absolute Gasteiger partial charge is 0.243 e. The number of sulfonamides is 1. The van der Waals surface area contributed by atoms with Crippen LogP contribution >= 0.6 is 0 Å². The maximum absolute atomic E-state index is 13.4. The number of amides is 1. The van der Waals surface area contributed by atoms with Crippen molar-refractivity contribution in [2.75, 3.05) is 24.6 Å². The van der Waals surface area contributed by atoms with Crippen molar-refractivity contribution in [1.29, 1.82) is 0 Å². The van der Waals surface area contributed by atoms with Gasteiger partial charge in [-0.25, -0.2) is 8.42 Å². The minimum Gasteiger partial charge on any atom is -0.494 e. The monoisotopic (exact) mass is 442 g/mol. The molecule has 1 unspecified atom stereocenters. The third-order valence-electron chi connectivity index (χ3n) is 6.34. The molecule has 1 fully saturated rings. The van der Waals surface area contributed by atoms with Crippen LogP contribution in [0.15, 0.2) is 53.4 Å². The van der Waals surface area contributed by atoms with E-state index in [4.69, 9.17) is 4.74 Å². The zero-order chi connectivity index (χ0) is 22.0. The molecule has 0 aliphatic carbocycles. The fourth-order valence-corrected chi connectivity index (χ4v) is 6.06. The molecule has 2 aromatic carbocycles. The summed E-state index contributed by atoms with van der Waals surface area (Å²) in [5.41, 5.74) is 2.22. The van der Waals surface area contributed by atoms with Crippen LogP contribution in [0.3, 0.4) is 0 Å². The van der Waals surface area contributed by atoms with Gasteiger partial charge in [-0.1, -0.05) is 18.2 Å². The first-order valence-electron chi connectivity index (χ1n) is 11.1. The van der Waals surface area contributed by atoms with Gasteiger partial charge in [0.2, 0.25) is 15.9 Å². The largest absolute Gasteiger partial charge is 0.494 e. The van der Waals surface area contributed by atoms with E-state index in [-0.39, 0.29) is 22.8 Å². The highest BCUT2D eigenvalue weighted by Gasteiger charge is 2.37. The van der Waals surface area contributed by atoms with Crippen molar-refractivity contribution in [3.05, 3.63) is 54.1 Å². The summed E-state index contributed by atoms with van der Waals surface area (Å²) < 4.78 is 33.0. The Hall–Kier alpha value is -2.38. The van der Waals surface area contributed by atoms with E-state index in [2.05, 4.69) is 13.0 Å². The topological polar surface area (TPSA) is 66.9 Å². The van der Waals surface area contributed by atoms with Crippen LogP contribution in [0, 0.1) is 5.92 Å². The summed E-state index contributed by atoms with van der Waals surface area (Å²) in [5, 5.41) is 0. The Kier molecular flexibility index (Phi) is 6.34. The van der Waals surface area contributed by atoms with E-state index in [9.17, 15) is 13.2 Å². The predicted octanol–water partition coefficient (Wildman–Crippen LogP) is 3.85. The molecule has 1 amide bonds. The van der Waals surface area contributed by atoms with Gasteiger partial charge in [0.05, 0.1) is 11.5 Å². The van der Waals surface area contributed by atoms with Crippen LogP contribution in [0.25, 0.3) is 0 Å². The average Bonchev–Trinajstić information content (AvgIpc) is 2.79. The molecule has 6 nitrogen and oxygen atoms in total. The molecule has 2 aromatic rings. The summed E-state index contributed by atoms with van der Waals surface area (Å²) in [4.78, 5) is 15.6. The summed E-state index contributed by atoms with van der Waals surface area (Å²) in [6.45, 7) is 5.23. The Labute approximate surface area is 184 Å². The fourth-order valence-electron chi connectivity index (χ4n) is 4.59. The van der Waals surface area contributed by atoms with E-state index in [1.54, 1.807) is 24.3 Å². The van der Waals surface area contributed by atoms with Crippen molar-refractivity contribution in [2.45, 2.75) is 50.5 Å². The van der Waals surface area contributed by atoms with Crippen molar-refractivity contribution >= 4 is 21.6 Å². The Bertz CT molecular complexity index is 1030. The lowest BCUT2D eigenvalue weighted by atomic mass is 9.91. The molecule has 2 heterocycles. The van der Waals surface area contributed by atoms with Gasteiger partial charge in [0, 0.05) is 30.7 Å². The third-order valence-corrected chi connectivity index (χ3v) is 8.25. The molecular weight excluding hydrogens is 412 g/mol. The van der Waals surface area contributed by atoms with Crippen LogP contribution in [0.2, 0.25) is 0 Å². The molecule has 2 aliphatic rings. The summed E-state index contributed by atoms with van der Waals surface area (Å²) in [6, 6.07) is 14.8. The number of nitrogens with zero attached hydrogens (tertiary/aromatic N) is 2. The number of aryl methyl sites for hydroxylation is 1. The number of carbonyl (C=O) groups is 1. The van der Waals surface area contributed by atoms with Crippen LogP contribution in [0.4, 0.5) is 5.69 Å². The van der Waals surface area contributed by atoms with Crippen molar-refractivity contribution in [3.63, 3.8) is 0 Å². The average molecular weight is 443 g/mol. The lowest BCUT2D eigenvalue weighted by Gasteiger charge is -2.39. The van der Waals surface area contributed by atoms with E-state index in [1.807, 2.05) is 30.0 Å². The van der Waals surface area contributed by atoms with Gasteiger partial charge in [-0.05, 0) is 75.4 Å². The second kappa shape index (κ2) is 9.01. The Balaban J connectivity index is 1.44. The van der Waals surface area contributed by atoms with Gasteiger partial charge < -0.3 is 9.64 Å². The summed E-state index contributed by atoms with van der Waals surface area (Å²) >= 11 is 0. The molecule has 31 heavy (non-hydrogen) atoms. The number of piperidine rings is 1. The molecule has 0 saturated carbocycles. The zero-order valence-corrected chi connectivity index (χ0v) is 19.0. The number of hydrogen-bond donors (Lipinski definition) is 0. The lowest BCUT2D eigenvalue weighted by Crippen LogP contribution is -2.48. The number of para-hydroxylation sites is 1. The van der Waals surface area contributed by atoms with E-state index in [0.717, 1.165) is 18.5 Å². The highest BCUT2D eigenvalue weighted by Crippen LogP contribution is 2.34. The van der Waals surface area contributed by atoms with Gasteiger partial charge >= 0.3 is 0 Å². The molecule has 7 heteroatoms. The van der Waals surface area contributed by atoms with Crippen molar-refractivity contribution in [1.82, 2.24) is 4.31 Å². The van der Waals surface area contributed by atoms with Crippen molar-refractivity contribution < 1.29 is 17.9 Å². The van der Waals surface area contributed by atoms with Gasteiger partial charge in [-0.15, -0.1) is 0 Å². The Morgan fingerprint density at radius 3 is 2.39 bits per heavy atom. The van der Waals surface area contributed by atoms with E-state index >= 15 is 0 Å². The summed E-state index contributed by atoms with van der Waals surface area (Å²) in [7, 11) is -3.57. The van der Waals surface area contributed by atoms with Crippen molar-refractivity contribution in [3.8, 4) is 5.75 Å². The van der Waals surface area contributed by atoms with Gasteiger partial charge in [0.1, 0.15) is 5.75 Å². The normalized spacial score (nSPS) is 20.3. The van der Waals surface area contributed by atoms with Gasteiger partial charge in [0.15, 0.2) is 0 Å². The second-order valence-corrected chi connectivity index (χ2v) is 10.2. The maximum atomic E-state index is 13.4. The number of anilines is 1. The number of rotatable bonds is 5. The molecule has 0 bridgehead atoms. The standard InChI is InChI=1S/C24H30N2O4S/c1-3-30-21-10-12-22(13-11-21)31(28,29)25-16-14-20(15-17-25)24(27)26-18(2)8-9-19-6-4-5-7-23(19)26/h4-7,10-13,18,20H,3,8-9,14-17H2,1-2H3. The molecule has 0 N–H and O–H groups in total. The van der Waals surface area contributed by atoms with Crippen LogP contribution in [0.1, 0.15) is 38.7 Å². The first-order valence-corrected chi connectivity index (χ1v) is 12.5. The SMILES string of the molecule is CCOc1ccc(S(=O)(=O)N2CCC(C(=O)N3c4ccccc4CCC3C)CC2)cc1. The van der Waals surface area contributed by atoms with Crippen molar-refractivity contribution in [2.24, 2.45) is 5.92 Å². The molecular formula is C24H30N2O4S. The maximum Gasteiger partial charge on any atom is 0.243 e. The number of ether oxygens (including phenoxy) is 1. The molecule has 1 saturated heterocycles. The van der Waals surface area contributed by atoms with Gasteiger partial charge in [0.25, 0.3) is 0 Å². The van der Waals surface area contributed by atoms with Crippen LogP contribution in [-0.4, -0.2) is 44.4 Å². The highest BCUT2D eigenvalue weighted by atomic mass is 32.2. The number of benzene rings is 2. The van der Waals surface area contributed by atoms with E-state index < -0.39 is 10.0 Å². The number of carbonyl (C=O) groups excluding carboxylic acids is 1. The summed E-state index contributed by atoms with van der Waals surface area (Å²) in [6.07, 6.45) is 3.02. The van der Waals surface area contributed by atoms with Crippen LogP contribution in [-0.2, 0) is 21.2 Å². The number of hydrogen-bond acceptors (Lipinski definition) is 4. The third kappa shape index (κ3) is 4.34. The lowest BCUT2D eigenvalue weighted by molar-refractivity contribution is -0.124. The molecule has 2 aliphatic heterocycles. The molecule has 4 rings (SSSR count). The van der Waals surface area contributed by atoms with E-state index in [0.29, 0.717) is 38.3 Å². The molecule has 0 radical (unpaired) electrons. The molecule has 0 spiro atoms. The molecule has 166 valence electrons. The van der Waals surface area contributed by atoms with Crippen LogP contribution in [0.5, 0.6) is 5.75 Å². The zero-order valence-electron chi connectivity index (χ0n) is 18.2. The fraction of sp³-hybridized carbons (Fsp3) is 0.458. The second-order valence-electron chi connectivity index (χ2n) is 8.31. The predicted molar refractivity (Wildman–Crippen MR) is 121 cm³/mol. The van der Waals surface area contributed by atoms with Gasteiger partial charge in [-0.2, -0.15) is 4.31 Å². The van der Waals surface area contributed by atoms with E-state index in [1.165, 1.54) is 9.87 Å². The quantitative estimate of drug-likeness (QED) is 0.705. The molecule has 0 aromatic heterocycles. The Morgan fingerprint density at radius 1 is 1.03 bits per heavy atom. The van der Waals surface area contributed by atoms with Crippen LogP contribution < -0.4 is 9.64 Å². The minimum absolute atomic E-state index is 0.123. The Morgan fingerprint density at radius 2 is 1.71 bits per heavy atom.